The Hall–Kier alpha value is -1.35. The van der Waals surface area contributed by atoms with Crippen LogP contribution in [0.25, 0.3) is 5.70 Å². The Morgan fingerprint density at radius 1 is 0.833 bits per heavy atom. The fourth-order valence-corrected chi connectivity index (χ4v) is 1.54. The summed E-state index contributed by atoms with van der Waals surface area (Å²) in [5.41, 5.74) is 7.86. The molecule has 2 aromatic carbocycles. The first-order valence-corrected chi connectivity index (χ1v) is 5.39. The van der Waals surface area contributed by atoms with E-state index in [1.54, 1.807) is 12.1 Å². The van der Waals surface area contributed by atoms with Gasteiger partial charge in [0.05, 0.1) is 0 Å². The van der Waals surface area contributed by atoms with E-state index in [-0.39, 0.29) is 35.3 Å². The van der Waals surface area contributed by atoms with Gasteiger partial charge in [-0.3, -0.25) is 4.79 Å². The summed E-state index contributed by atoms with van der Waals surface area (Å²) in [5, 5.41) is 0. The average molecular weight is 247 g/mol. The standard InChI is InChI=1S/C15H13NO.Na.H/c16-14(12-7-3-1-4-8-12)11-15(17)13-9-5-2-6-10-13;;/h1-11H,16H2;;/b14-11+;;. The Morgan fingerprint density at radius 2 is 1.28 bits per heavy atom. The number of nitrogens with two attached hydrogens (primary N) is 1. The molecule has 2 N–H and O–H groups in total. The summed E-state index contributed by atoms with van der Waals surface area (Å²) in [6.07, 6.45) is 1.46. The molecule has 2 nitrogen and oxygen atoms in total. The van der Waals surface area contributed by atoms with Crippen molar-refractivity contribution in [1.29, 1.82) is 0 Å². The zero-order valence-electron chi connectivity index (χ0n) is 9.34. The van der Waals surface area contributed by atoms with Gasteiger partial charge in [0.15, 0.2) is 5.78 Å². The third-order valence-corrected chi connectivity index (χ3v) is 2.45. The van der Waals surface area contributed by atoms with Gasteiger partial charge < -0.3 is 5.73 Å². The van der Waals surface area contributed by atoms with Gasteiger partial charge in [-0.1, -0.05) is 60.7 Å². The molecule has 0 fully saturated rings. The number of rotatable bonds is 3. The molecule has 0 aliphatic carbocycles. The van der Waals surface area contributed by atoms with E-state index in [1.807, 2.05) is 48.5 Å². The van der Waals surface area contributed by atoms with Gasteiger partial charge in [-0.05, 0) is 5.56 Å². The van der Waals surface area contributed by atoms with Crippen molar-refractivity contribution in [3.8, 4) is 0 Å². The third kappa shape index (κ3) is 3.84. The van der Waals surface area contributed by atoms with E-state index in [0.29, 0.717) is 11.3 Å². The first-order chi connectivity index (χ1) is 8.27. The van der Waals surface area contributed by atoms with E-state index < -0.39 is 0 Å². The van der Waals surface area contributed by atoms with Crippen molar-refractivity contribution in [2.24, 2.45) is 5.73 Å². The average Bonchev–Trinajstić information content (AvgIpc) is 2.40. The number of allylic oxidation sites excluding steroid dienone is 1. The molecule has 2 rings (SSSR count). The molecule has 0 unspecified atom stereocenters. The monoisotopic (exact) mass is 247 g/mol. The van der Waals surface area contributed by atoms with Crippen LogP contribution in [0.1, 0.15) is 15.9 Å². The predicted molar refractivity (Wildman–Crippen MR) is 76.5 cm³/mol. The first kappa shape index (κ1) is 14.7. The molecule has 0 bridgehead atoms. The number of carbonyl (C=O) groups excluding carboxylic acids is 1. The van der Waals surface area contributed by atoms with Gasteiger partial charge in [-0.25, -0.2) is 0 Å². The van der Waals surface area contributed by atoms with E-state index in [9.17, 15) is 4.79 Å². The summed E-state index contributed by atoms with van der Waals surface area (Å²) < 4.78 is 0. The summed E-state index contributed by atoms with van der Waals surface area (Å²) in [6, 6.07) is 18.5. The fourth-order valence-electron chi connectivity index (χ4n) is 1.54. The molecule has 0 heterocycles. The number of carbonyl (C=O) groups is 1. The van der Waals surface area contributed by atoms with E-state index >= 15 is 0 Å². The summed E-state index contributed by atoms with van der Waals surface area (Å²) in [4.78, 5) is 11.9. The van der Waals surface area contributed by atoms with Gasteiger partial charge in [0, 0.05) is 17.3 Å². The topological polar surface area (TPSA) is 43.1 Å². The second kappa shape index (κ2) is 7.17. The Morgan fingerprint density at radius 3 is 1.78 bits per heavy atom. The second-order valence-corrected chi connectivity index (χ2v) is 3.70. The second-order valence-electron chi connectivity index (χ2n) is 3.70. The fraction of sp³-hybridized carbons (Fsp3) is 0. The van der Waals surface area contributed by atoms with Crippen LogP contribution >= 0.6 is 0 Å². The molecule has 0 spiro atoms. The van der Waals surface area contributed by atoms with Gasteiger partial charge in [0.2, 0.25) is 0 Å². The minimum atomic E-state index is -0.0769. The predicted octanol–water partition coefficient (Wildman–Crippen LogP) is 2.22. The van der Waals surface area contributed by atoms with Gasteiger partial charge in [-0.15, -0.1) is 0 Å². The summed E-state index contributed by atoms with van der Waals surface area (Å²) in [6.45, 7) is 0. The minimum absolute atomic E-state index is 0. The van der Waals surface area contributed by atoms with Crippen LogP contribution < -0.4 is 5.73 Å². The van der Waals surface area contributed by atoms with Crippen LogP contribution in [0.4, 0.5) is 0 Å². The number of hydrogen-bond acceptors (Lipinski definition) is 2. The van der Waals surface area contributed by atoms with Crippen LogP contribution in [0.15, 0.2) is 66.7 Å². The molecule has 0 amide bonds. The van der Waals surface area contributed by atoms with Crippen molar-refractivity contribution in [2.75, 3.05) is 0 Å². The normalized spacial score (nSPS) is 10.6. The molecule has 0 aliphatic rings. The molecule has 0 radical (unpaired) electrons. The summed E-state index contributed by atoms with van der Waals surface area (Å²) in [7, 11) is 0. The molecule has 2 aromatic rings. The molecule has 3 heteroatoms. The van der Waals surface area contributed by atoms with E-state index in [2.05, 4.69) is 0 Å². The van der Waals surface area contributed by atoms with Crippen molar-refractivity contribution in [3.63, 3.8) is 0 Å². The van der Waals surface area contributed by atoms with Crippen molar-refractivity contribution in [3.05, 3.63) is 77.9 Å². The van der Waals surface area contributed by atoms with Gasteiger partial charge in [-0.2, -0.15) is 0 Å². The first-order valence-electron chi connectivity index (χ1n) is 5.39. The molecule has 0 aliphatic heterocycles. The Kier molecular flexibility index (Phi) is 5.86. The van der Waals surface area contributed by atoms with E-state index in [4.69, 9.17) is 5.73 Å². The molecular weight excluding hydrogens is 233 g/mol. The van der Waals surface area contributed by atoms with Crippen LogP contribution in [-0.4, -0.2) is 35.3 Å². The van der Waals surface area contributed by atoms with Crippen molar-refractivity contribution >= 4 is 41.0 Å². The quantitative estimate of drug-likeness (QED) is 0.513. The van der Waals surface area contributed by atoms with Crippen LogP contribution in [0.5, 0.6) is 0 Å². The van der Waals surface area contributed by atoms with Crippen molar-refractivity contribution < 1.29 is 4.79 Å². The Bertz CT molecular complexity index is 535. The number of hydrogen-bond donors (Lipinski definition) is 1. The molecule has 0 aromatic heterocycles. The zero-order chi connectivity index (χ0) is 12.1. The summed E-state index contributed by atoms with van der Waals surface area (Å²) in [5.74, 6) is -0.0769. The molecular formula is C15H14NNaO. The molecule has 18 heavy (non-hydrogen) atoms. The van der Waals surface area contributed by atoms with E-state index in [0.717, 1.165) is 5.56 Å². The molecule has 0 saturated heterocycles. The van der Waals surface area contributed by atoms with Crippen molar-refractivity contribution in [2.45, 2.75) is 0 Å². The Labute approximate surface area is 129 Å². The van der Waals surface area contributed by atoms with Crippen LogP contribution in [0.3, 0.4) is 0 Å². The SMILES string of the molecule is N/C(=C/C(=O)c1ccccc1)c1ccccc1.[NaH]. The zero-order valence-corrected chi connectivity index (χ0v) is 9.34. The molecule has 0 saturated carbocycles. The molecule has 0 atom stereocenters. The maximum absolute atomic E-state index is 11.9. The van der Waals surface area contributed by atoms with Crippen molar-refractivity contribution in [1.82, 2.24) is 0 Å². The number of ketones is 1. The van der Waals surface area contributed by atoms with Crippen LogP contribution in [0.2, 0.25) is 0 Å². The number of benzene rings is 2. The van der Waals surface area contributed by atoms with E-state index in [1.165, 1.54) is 6.08 Å². The summed E-state index contributed by atoms with van der Waals surface area (Å²) >= 11 is 0. The Balaban J connectivity index is 0.00000162. The third-order valence-electron chi connectivity index (χ3n) is 2.45. The van der Waals surface area contributed by atoms with Gasteiger partial charge in [0.25, 0.3) is 0 Å². The van der Waals surface area contributed by atoms with Gasteiger partial charge >= 0.3 is 29.6 Å². The maximum atomic E-state index is 11.9. The van der Waals surface area contributed by atoms with Gasteiger partial charge in [0.1, 0.15) is 0 Å². The van der Waals surface area contributed by atoms with Crippen LogP contribution in [0, 0.1) is 0 Å². The molecule has 86 valence electrons. The van der Waals surface area contributed by atoms with Crippen LogP contribution in [-0.2, 0) is 0 Å².